The molecule has 2 amide bonds. The Kier molecular flexibility index (Phi) is 5.91. The number of ether oxygens (including phenoxy) is 1. The van der Waals surface area contributed by atoms with Crippen molar-refractivity contribution in [1.29, 1.82) is 0 Å². The number of benzene rings is 1. The van der Waals surface area contributed by atoms with Gasteiger partial charge in [-0.2, -0.15) is 0 Å². The molecule has 1 atom stereocenters. The van der Waals surface area contributed by atoms with Crippen molar-refractivity contribution in [3.05, 3.63) is 23.8 Å². The molecular weight excluding hydrogens is 318 g/mol. The van der Waals surface area contributed by atoms with Gasteiger partial charge < -0.3 is 15.0 Å². The predicted molar refractivity (Wildman–Crippen MR) is 96.5 cm³/mol. The molecule has 1 fully saturated rings. The first-order valence-electron chi connectivity index (χ1n) is 9.18. The van der Waals surface area contributed by atoms with Crippen LogP contribution in [0.3, 0.4) is 0 Å². The van der Waals surface area contributed by atoms with Gasteiger partial charge in [0.25, 0.3) is 0 Å². The highest BCUT2D eigenvalue weighted by Crippen LogP contribution is 2.26. The van der Waals surface area contributed by atoms with Crippen molar-refractivity contribution in [2.75, 3.05) is 25.5 Å². The van der Waals surface area contributed by atoms with E-state index in [4.69, 9.17) is 4.74 Å². The lowest BCUT2D eigenvalue weighted by Crippen LogP contribution is -2.42. The van der Waals surface area contributed by atoms with Gasteiger partial charge >= 0.3 is 0 Å². The summed E-state index contributed by atoms with van der Waals surface area (Å²) in [6.07, 6.45) is 5.93. The summed E-state index contributed by atoms with van der Waals surface area (Å²) in [4.78, 5) is 25.4. The smallest absolute Gasteiger partial charge is 0.224 e. The number of hydrogen-bond acceptors (Lipinski definition) is 4. The van der Waals surface area contributed by atoms with E-state index >= 15 is 0 Å². The molecule has 1 aromatic carbocycles. The van der Waals surface area contributed by atoms with Crippen molar-refractivity contribution in [3.8, 4) is 5.75 Å². The Labute approximate surface area is 148 Å². The van der Waals surface area contributed by atoms with Crippen LogP contribution in [0.1, 0.15) is 44.1 Å². The summed E-state index contributed by atoms with van der Waals surface area (Å²) in [5.74, 6) is 1.10. The average Bonchev–Trinajstić information content (AvgIpc) is 3.15. The number of nitrogens with zero attached hydrogens (tertiary/aromatic N) is 1. The minimum atomic E-state index is 0.0728. The molecule has 2 N–H and O–H groups in total. The molecule has 0 spiro atoms. The first kappa shape index (κ1) is 17.7. The molecule has 136 valence electrons. The number of unbranched alkanes of at least 4 members (excludes halogenated alkanes) is 1. The van der Waals surface area contributed by atoms with Gasteiger partial charge in [0.05, 0.1) is 12.8 Å². The number of carbonyl (C=O) groups excluding carboxylic acids is 2. The van der Waals surface area contributed by atoms with Crippen LogP contribution in [0, 0.1) is 0 Å². The highest BCUT2D eigenvalue weighted by Gasteiger charge is 2.22. The van der Waals surface area contributed by atoms with Crippen molar-refractivity contribution in [2.45, 2.75) is 51.1 Å². The van der Waals surface area contributed by atoms with E-state index in [0.717, 1.165) is 55.6 Å². The monoisotopic (exact) mass is 345 g/mol. The predicted octanol–water partition coefficient (Wildman–Crippen LogP) is 2.29. The zero-order valence-corrected chi connectivity index (χ0v) is 14.8. The van der Waals surface area contributed by atoms with Crippen molar-refractivity contribution in [3.63, 3.8) is 0 Å². The van der Waals surface area contributed by atoms with Crippen LogP contribution in [0.15, 0.2) is 18.2 Å². The van der Waals surface area contributed by atoms with Crippen LogP contribution < -0.4 is 15.4 Å². The molecule has 2 aliphatic heterocycles. The molecule has 1 saturated heterocycles. The molecule has 2 aliphatic rings. The maximum Gasteiger partial charge on any atom is 0.224 e. The lowest BCUT2D eigenvalue weighted by Gasteiger charge is -2.24. The summed E-state index contributed by atoms with van der Waals surface area (Å²) >= 11 is 0. The number of hydrogen-bond donors (Lipinski definition) is 2. The highest BCUT2D eigenvalue weighted by atomic mass is 16.5. The Hall–Kier alpha value is -2.08. The zero-order chi connectivity index (χ0) is 17.6. The number of rotatable bonds is 7. The second kappa shape index (κ2) is 8.34. The summed E-state index contributed by atoms with van der Waals surface area (Å²) in [5.41, 5.74) is 2.01. The summed E-state index contributed by atoms with van der Waals surface area (Å²) in [7, 11) is 1.88. The van der Waals surface area contributed by atoms with Gasteiger partial charge in [-0.15, -0.1) is 0 Å². The van der Waals surface area contributed by atoms with Crippen molar-refractivity contribution >= 4 is 17.5 Å². The van der Waals surface area contributed by atoms with Crippen molar-refractivity contribution in [1.82, 2.24) is 10.2 Å². The van der Waals surface area contributed by atoms with Crippen LogP contribution in [-0.2, 0) is 16.0 Å². The van der Waals surface area contributed by atoms with Crippen LogP contribution in [0.25, 0.3) is 0 Å². The lowest BCUT2D eigenvalue weighted by molar-refractivity contribution is -0.132. The minimum absolute atomic E-state index is 0.0728. The molecular formula is C19H27N3O3. The Morgan fingerprint density at radius 3 is 3.00 bits per heavy atom. The van der Waals surface area contributed by atoms with Gasteiger partial charge in [-0.25, -0.2) is 0 Å². The number of amides is 2. The van der Waals surface area contributed by atoms with Gasteiger partial charge in [0.15, 0.2) is 0 Å². The van der Waals surface area contributed by atoms with Gasteiger partial charge in [-0.05, 0) is 62.4 Å². The summed E-state index contributed by atoms with van der Waals surface area (Å²) < 4.78 is 5.79. The molecule has 1 unspecified atom stereocenters. The molecule has 6 nitrogen and oxygen atoms in total. The van der Waals surface area contributed by atoms with Gasteiger partial charge in [0, 0.05) is 25.6 Å². The number of fused-ring (bicyclic) bond motifs is 1. The van der Waals surface area contributed by atoms with Gasteiger partial charge in [0.2, 0.25) is 11.8 Å². The summed E-state index contributed by atoms with van der Waals surface area (Å²) in [5, 5.41) is 6.21. The third-order valence-corrected chi connectivity index (χ3v) is 4.92. The molecule has 0 aliphatic carbocycles. The Bertz CT molecular complexity index is 626. The maximum absolute atomic E-state index is 12.2. The van der Waals surface area contributed by atoms with Crippen molar-refractivity contribution < 1.29 is 14.3 Å². The second-order valence-corrected chi connectivity index (χ2v) is 6.79. The zero-order valence-electron chi connectivity index (χ0n) is 14.8. The SMILES string of the molecule is CN(C(=O)CCCCOc1ccc2c(c1)CCC(=O)N2)C1CCCN1. The van der Waals surface area contributed by atoms with Crippen LogP contribution in [0.4, 0.5) is 5.69 Å². The molecule has 2 heterocycles. The van der Waals surface area contributed by atoms with E-state index in [2.05, 4.69) is 10.6 Å². The van der Waals surface area contributed by atoms with Gasteiger partial charge in [0.1, 0.15) is 5.75 Å². The number of anilines is 1. The molecule has 3 rings (SSSR count). The second-order valence-electron chi connectivity index (χ2n) is 6.79. The van der Waals surface area contributed by atoms with E-state index in [9.17, 15) is 9.59 Å². The van der Waals surface area contributed by atoms with Gasteiger partial charge in [-0.1, -0.05) is 0 Å². The average molecular weight is 345 g/mol. The fourth-order valence-corrected chi connectivity index (χ4v) is 3.36. The molecule has 0 aromatic heterocycles. The molecule has 0 saturated carbocycles. The van der Waals surface area contributed by atoms with Crippen LogP contribution in [0.5, 0.6) is 5.75 Å². The molecule has 1 aromatic rings. The highest BCUT2D eigenvalue weighted by molar-refractivity contribution is 5.94. The Balaban J connectivity index is 1.36. The minimum Gasteiger partial charge on any atom is -0.494 e. The summed E-state index contributed by atoms with van der Waals surface area (Å²) in [6.45, 7) is 1.60. The summed E-state index contributed by atoms with van der Waals surface area (Å²) in [6, 6.07) is 5.78. The van der Waals surface area contributed by atoms with Crippen LogP contribution in [0.2, 0.25) is 0 Å². The quantitative estimate of drug-likeness (QED) is 0.744. The van der Waals surface area contributed by atoms with Gasteiger partial charge in [-0.3, -0.25) is 14.9 Å². The van der Waals surface area contributed by atoms with E-state index in [-0.39, 0.29) is 18.0 Å². The van der Waals surface area contributed by atoms with E-state index < -0.39 is 0 Å². The third-order valence-electron chi connectivity index (χ3n) is 4.92. The standard InChI is InChI=1S/C19H27N3O3/c1-22(17-5-4-11-20-17)19(24)6-2-3-12-25-15-8-9-16-14(13-15)7-10-18(23)21-16/h8-9,13,17,20H,2-7,10-12H2,1H3,(H,21,23). The van der Waals surface area contributed by atoms with E-state index in [1.54, 1.807) is 0 Å². The number of aryl methyl sites for hydroxylation is 1. The molecule has 6 heteroatoms. The van der Waals surface area contributed by atoms with Crippen LogP contribution >= 0.6 is 0 Å². The fourth-order valence-electron chi connectivity index (χ4n) is 3.36. The molecule has 25 heavy (non-hydrogen) atoms. The fraction of sp³-hybridized carbons (Fsp3) is 0.579. The normalized spacial score (nSPS) is 19.2. The number of carbonyl (C=O) groups is 2. The lowest BCUT2D eigenvalue weighted by atomic mass is 10.0. The topological polar surface area (TPSA) is 70.7 Å². The largest absolute Gasteiger partial charge is 0.494 e. The van der Waals surface area contributed by atoms with E-state index in [0.29, 0.717) is 19.4 Å². The Morgan fingerprint density at radius 2 is 2.20 bits per heavy atom. The van der Waals surface area contributed by atoms with Crippen molar-refractivity contribution in [2.24, 2.45) is 0 Å². The first-order chi connectivity index (χ1) is 12.1. The molecule has 0 radical (unpaired) electrons. The van der Waals surface area contributed by atoms with Crippen LogP contribution in [-0.4, -0.2) is 43.1 Å². The third kappa shape index (κ3) is 4.72. The maximum atomic E-state index is 12.2. The van der Waals surface area contributed by atoms with E-state index in [1.807, 2.05) is 30.1 Å². The van der Waals surface area contributed by atoms with E-state index in [1.165, 1.54) is 0 Å². The molecule has 0 bridgehead atoms. The first-order valence-corrected chi connectivity index (χ1v) is 9.18. The number of nitrogens with one attached hydrogen (secondary N) is 2. The Morgan fingerprint density at radius 1 is 1.32 bits per heavy atom.